The number of carbonyl (C=O) groups excluding carboxylic acids is 1. The number of amides is 1. The number of aromatic nitrogens is 2. The molecule has 0 unspecified atom stereocenters. The van der Waals surface area contributed by atoms with Gasteiger partial charge < -0.3 is 10.1 Å². The molecule has 0 saturated heterocycles. The van der Waals surface area contributed by atoms with Crippen LogP contribution >= 0.6 is 11.6 Å². The van der Waals surface area contributed by atoms with E-state index in [9.17, 15) is 4.79 Å². The summed E-state index contributed by atoms with van der Waals surface area (Å²) in [6.45, 7) is 7.24. The molecule has 1 amide bonds. The number of nitrogens with zero attached hydrogens (tertiary/aromatic N) is 2. The van der Waals surface area contributed by atoms with Crippen LogP contribution in [-0.2, 0) is 4.74 Å². The van der Waals surface area contributed by atoms with Gasteiger partial charge in [0, 0.05) is 11.8 Å². The summed E-state index contributed by atoms with van der Waals surface area (Å²) in [4.78, 5) is 20.2. The van der Waals surface area contributed by atoms with Gasteiger partial charge in [-0.05, 0) is 39.8 Å². The highest BCUT2D eigenvalue weighted by Crippen LogP contribution is 2.25. The van der Waals surface area contributed by atoms with Crippen LogP contribution in [0.5, 0.6) is 0 Å². The summed E-state index contributed by atoms with van der Waals surface area (Å²) in [6.07, 6.45) is 1.09. The van der Waals surface area contributed by atoms with Gasteiger partial charge in [-0.25, -0.2) is 14.8 Å². The fourth-order valence-electron chi connectivity index (χ4n) is 1.72. The molecule has 0 radical (unpaired) electrons. The first-order chi connectivity index (χ1) is 10.7. The number of hydrogen-bond donors (Lipinski definition) is 2. The molecule has 2 aromatic rings. The minimum absolute atomic E-state index is 0.346. The number of hydrogen-bond acceptors (Lipinski definition) is 5. The first-order valence-electron chi connectivity index (χ1n) is 7.10. The number of nitrogens with one attached hydrogen (secondary N) is 2. The fourth-order valence-corrected chi connectivity index (χ4v) is 1.85. The highest BCUT2D eigenvalue weighted by molar-refractivity contribution is 6.30. The molecule has 1 heterocycles. The topological polar surface area (TPSA) is 76.1 Å². The minimum atomic E-state index is -0.569. The third kappa shape index (κ3) is 5.10. The summed E-state index contributed by atoms with van der Waals surface area (Å²) in [5, 5.41) is 6.11. The summed E-state index contributed by atoms with van der Waals surface area (Å²) < 4.78 is 5.25. The molecule has 0 atom stereocenters. The van der Waals surface area contributed by atoms with Gasteiger partial charge in [0.25, 0.3) is 0 Å². The molecule has 23 heavy (non-hydrogen) atoms. The van der Waals surface area contributed by atoms with Crippen LogP contribution < -0.4 is 10.6 Å². The molecule has 0 aliphatic rings. The van der Waals surface area contributed by atoms with E-state index in [1.165, 1.54) is 0 Å². The number of halogens is 1. The number of rotatable bonds is 3. The Morgan fingerprint density at radius 2 is 1.87 bits per heavy atom. The van der Waals surface area contributed by atoms with E-state index in [2.05, 4.69) is 20.6 Å². The maximum Gasteiger partial charge on any atom is 0.412 e. The summed E-state index contributed by atoms with van der Waals surface area (Å²) in [6, 6.07) is 7.19. The average molecular weight is 335 g/mol. The Bertz CT molecular complexity index is 713. The first-order valence-corrected chi connectivity index (χ1v) is 7.47. The zero-order valence-electron chi connectivity index (χ0n) is 13.5. The monoisotopic (exact) mass is 334 g/mol. The van der Waals surface area contributed by atoms with Gasteiger partial charge in [0.05, 0.1) is 11.4 Å². The van der Waals surface area contributed by atoms with E-state index in [-0.39, 0.29) is 0 Å². The van der Waals surface area contributed by atoms with E-state index >= 15 is 0 Å². The molecule has 0 spiro atoms. The molecule has 6 nitrogen and oxygen atoms in total. The van der Waals surface area contributed by atoms with Crippen LogP contribution in [0.1, 0.15) is 26.3 Å². The first kappa shape index (κ1) is 17.0. The van der Waals surface area contributed by atoms with E-state index < -0.39 is 11.7 Å². The molecule has 2 N–H and O–H groups in total. The smallest absolute Gasteiger partial charge is 0.412 e. The quantitative estimate of drug-likeness (QED) is 0.806. The summed E-state index contributed by atoms with van der Waals surface area (Å²) in [7, 11) is 0. The molecule has 2 rings (SSSR count). The van der Waals surface area contributed by atoms with Crippen LogP contribution in [0.3, 0.4) is 0 Å². The van der Waals surface area contributed by atoms with Crippen LogP contribution in [0.15, 0.2) is 30.5 Å². The fraction of sp³-hybridized carbons (Fsp3) is 0.312. The zero-order valence-corrected chi connectivity index (χ0v) is 14.2. The van der Waals surface area contributed by atoms with Crippen molar-refractivity contribution in [2.75, 3.05) is 10.6 Å². The molecule has 1 aromatic heterocycles. The molecule has 7 heteroatoms. The Kier molecular flexibility index (Phi) is 5.05. The van der Waals surface area contributed by atoms with E-state index in [0.29, 0.717) is 22.5 Å². The second-order valence-corrected chi connectivity index (χ2v) is 6.32. The largest absolute Gasteiger partial charge is 0.444 e. The molecule has 0 aliphatic carbocycles. The molecule has 122 valence electrons. The zero-order chi connectivity index (χ0) is 17.0. The molecular formula is C16H19ClN4O2. The predicted molar refractivity (Wildman–Crippen MR) is 91.4 cm³/mol. The Balaban J connectivity index is 2.17. The SMILES string of the molecule is Cc1cnc(Nc2ccccc2NC(=O)OC(C)(C)C)nc1Cl. The lowest BCUT2D eigenvalue weighted by molar-refractivity contribution is 0.0636. The van der Waals surface area contributed by atoms with Gasteiger partial charge in [-0.15, -0.1) is 0 Å². The third-order valence-corrected chi connectivity index (χ3v) is 3.10. The van der Waals surface area contributed by atoms with Gasteiger partial charge in [0.15, 0.2) is 0 Å². The Morgan fingerprint density at radius 1 is 1.22 bits per heavy atom. The van der Waals surface area contributed by atoms with Gasteiger partial charge >= 0.3 is 6.09 Å². The summed E-state index contributed by atoms with van der Waals surface area (Å²) in [5.41, 5.74) is 1.41. The van der Waals surface area contributed by atoms with Crippen molar-refractivity contribution in [3.63, 3.8) is 0 Å². The normalized spacial score (nSPS) is 11.0. The summed E-state index contributed by atoms with van der Waals surface area (Å²) in [5.74, 6) is 0.346. The van der Waals surface area contributed by atoms with Crippen molar-refractivity contribution >= 4 is 35.0 Å². The van der Waals surface area contributed by atoms with E-state index in [1.54, 1.807) is 45.2 Å². The maximum absolute atomic E-state index is 11.9. The summed E-state index contributed by atoms with van der Waals surface area (Å²) >= 11 is 6.00. The minimum Gasteiger partial charge on any atom is -0.444 e. The van der Waals surface area contributed by atoms with Crippen molar-refractivity contribution < 1.29 is 9.53 Å². The van der Waals surface area contributed by atoms with Crippen molar-refractivity contribution in [2.45, 2.75) is 33.3 Å². The molecule has 0 bridgehead atoms. The van der Waals surface area contributed by atoms with Crippen LogP contribution in [0.25, 0.3) is 0 Å². The van der Waals surface area contributed by atoms with E-state index in [0.717, 1.165) is 5.56 Å². The van der Waals surface area contributed by atoms with E-state index in [1.807, 2.05) is 13.0 Å². The predicted octanol–water partition coefficient (Wildman–Crippen LogP) is 4.53. The van der Waals surface area contributed by atoms with Crippen LogP contribution in [0.4, 0.5) is 22.1 Å². The standard InChI is InChI=1S/C16H19ClN4O2/c1-10-9-18-14(21-13(10)17)19-11-7-5-6-8-12(11)20-15(22)23-16(2,3)4/h5-9H,1-4H3,(H,20,22)(H,18,19,21). The van der Waals surface area contributed by atoms with Crippen molar-refractivity contribution in [3.8, 4) is 0 Å². The number of ether oxygens (including phenoxy) is 1. The number of benzene rings is 1. The Hall–Kier alpha value is -2.34. The highest BCUT2D eigenvalue weighted by atomic mass is 35.5. The Labute approximate surface area is 140 Å². The molecule has 0 fully saturated rings. The van der Waals surface area contributed by atoms with Crippen molar-refractivity contribution in [3.05, 3.63) is 41.2 Å². The maximum atomic E-state index is 11.9. The lowest BCUT2D eigenvalue weighted by Crippen LogP contribution is -2.27. The second-order valence-electron chi connectivity index (χ2n) is 5.96. The van der Waals surface area contributed by atoms with Gasteiger partial charge in [0.1, 0.15) is 10.8 Å². The molecule has 0 saturated carbocycles. The lowest BCUT2D eigenvalue weighted by Gasteiger charge is -2.20. The van der Waals surface area contributed by atoms with Crippen LogP contribution in [-0.4, -0.2) is 21.7 Å². The molecule has 0 aliphatic heterocycles. The number of para-hydroxylation sites is 2. The van der Waals surface area contributed by atoms with Gasteiger partial charge in [0.2, 0.25) is 5.95 Å². The second kappa shape index (κ2) is 6.83. The van der Waals surface area contributed by atoms with Crippen molar-refractivity contribution in [1.29, 1.82) is 0 Å². The van der Waals surface area contributed by atoms with Gasteiger partial charge in [-0.2, -0.15) is 0 Å². The van der Waals surface area contributed by atoms with Crippen molar-refractivity contribution in [1.82, 2.24) is 9.97 Å². The highest BCUT2D eigenvalue weighted by Gasteiger charge is 2.17. The van der Waals surface area contributed by atoms with Crippen LogP contribution in [0.2, 0.25) is 5.15 Å². The van der Waals surface area contributed by atoms with Crippen LogP contribution in [0, 0.1) is 6.92 Å². The van der Waals surface area contributed by atoms with E-state index in [4.69, 9.17) is 16.3 Å². The van der Waals surface area contributed by atoms with Gasteiger partial charge in [-0.3, -0.25) is 5.32 Å². The number of carbonyl (C=O) groups is 1. The molecule has 1 aromatic carbocycles. The Morgan fingerprint density at radius 3 is 2.48 bits per heavy atom. The number of anilines is 3. The lowest BCUT2D eigenvalue weighted by atomic mass is 10.2. The van der Waals surface area contributed by atoms with Crippen molar-refractivity contribution in [2.24, 2.45) is 0 Å². The van der Waals surface area contributed by atoms with Gasteiger partial charge in [-0.1, -0.05) is 23.7 Å². The third-order valence-electron chi connectivity index (χ3n) is 2.72. The average Bonchev–Trinajstić information content (AvgIpc) is 2.43. The number of aryl methyl sites for hydroxylation is 1. The molecular weight excluding hydrogens is 316 g/mol.